The molecule has 2 aromatic rings. The largest absolute Gasteiger partial charge is 0.492 e. The first-order chi connectivity index (χ1) is 15.5. The third kappa shape index (κ3) is 6.81. The standard InChI is InChI=1S/C30H42NOP/c1-21-14-15-26(23(16-21)19-31-8)33-27-18-24(29(2,3)4)17-25(30(5,6)7)28(27)32-20-22-12-10-9-11-13-22/h9-12,14-18,22,31,33H,13,19-20H2,1-8H3. The number of nitrogens with one attached hydrogen (secondary N) is 1. The molecule has 3 rings (SSSR count). The topological polar surface area (TPSA) is 21.3 Å². The molecule has 1 N–H and O–H groups in total. The van der Waals surface area contributed by atoms with Crippen LogP contribution in [0, 0.1) is 12.8 Å². The minimum absolute atomic E-state index is 0.000783. The first-order valence-electron chi connectivity index (χ1n) is 12.2. The maximum Gasteiger partial charge on any atom is 0.130 e. The van der Waals surface area contributed by atoms with Gasteiger partial charge >= 0.3 is 0 Å². The van der Waals surface area contributed by atoms with E-state index in [0.29, 0.717) is 21.1 Å². The molecule has 0 heterocycles. The molecule has 2 nitrogen and oxygen atoms in total. The summed E-state index contributed by atoms with van der Waals surface area (Å²) in [5, 5.41) is 6.07. The van der Waals surface area contributed by atoms with E-state index in [0.717, 1.165) is 18.7 Å². The van der Waals surface area contributed by atoms with Gasteiger partial charge in [0.2, 0.25) is 0 Å². The van der Waals surface area contributed by atoms with Crippen molar-refractivity contribution in [1.82, 2.24) is 5.32 Å². The van der Waals surface area contributed by atoms with Gasteiger partial charge in [-0.15, -0.1) is 0 Å². The Kier molecular flexibility index (Phi) is 8.25. The summed E-state index contributed by atoms with van der Waals surface area (Å²) in [6.45, 7) is 17.6. The molecule has 0 saturated heterocycles. The van der Waals surface area contributed by atoms with Gasteiger partial charge in [-0.3, -0.25) is 0 Å². The fourth-order valence-corrected chi connectivity index (χ4v) is 5.47. The van der Waals surface area contributed by atoms with E-state index in [2.05, 4.69) is 108 Å². The fourth-order valence-electron chi connectivity index (χ4n) is 4.14. The van der Waals surface area contributed by atoms with E-state index in [1.807, 2.05) is 7.05 Å². The highest BCUT2D eigenvalue weighted by molar-refractivity contribution is 7.55. The normalized spacial score (nSPS) is 16.7. The Bertz CT molecular complexity index is 1020. The second kappa shape index (κ2) is 10.6. The lowest BCUT2D eigenvalue weighted by Gasteiger charge is -2.30. The minimum Gasteiger partial charge on any atom is -0.492 e. The number of ether oxygens (including phenoxy) is 1. The van der Waals surface area contributed by atoms with Crippen LogP contribution in [0.15, 0.2) is 54.6 Å². The highest BCUT2D eigenvalue weighted by Gasteiger charge is 2.27. The minimum atomic E-state index is -0.000783. The SMILES string of the molecule is CNCc1cc(C)ccc1Pc1cc(C(C)(C)C)cc(C(C)(C)C)c1OCC1C=CC=CC1. The van der Waals surface area contributed by atoms with Crippen molar-refractivity contribution in [2.45, 2.75) is 72.3 Å². The van der Waals surface area contributed by atoms with E-state index in [1.54, 1.807) is 0 Å². The van der Waals surface area contributed by atoms with Gasteiger partial charge in [0.25, 0.3) is 0 Å². The zero-order valence-corrected chi connectivity index (χ0v) is 22.8. The molecule has 2 unspecified atom stereocenters. The Balaban J connectivity index is 2.10. The van der Waals surface area contributed by atoms with Crippen LogP contribution >= 0.6 is 8.58 Å². The summed E-state index contributed by atoms with van der Waals surface area (Å²) in [7, 11) is 2.58. The number of hydrogen-bond acceptors (Lipinski definition) is 2. The Labute approximate surface area is 203 Å². The molecule has 0 aliphatic heterocycles. The molecule has 33 heavy (non-hydrogen) atoms. The lowest BCUT2D eigenvalue weighted by atomic mass is 9.80. The van der Waals surface area contributed by atoms with Crippen molar-refractivity contribution in [2.75, 3.05) is 13.7 Å². The molecule has 2 atom stereocenters. The van der Waals surface area contributed by atoms with Crippen LogP contribution < -0.4 is 20.7 Å². The highest BCUT2D eigenvalue weighted by Crippen LogP contribution is 2.38. The summed E-state index contributed by atoms with van der Waals surface area (Å²) in [4.78, 5) is 0. The monoisotopic (exact) mass is 463 g/mol. The predicted molar refractivity (Wildman–Crippen MR) is 147 cm³/mol. The van der Waals surface area contributed by atoms with Crippen molar-refractivity contribution in [3.8, 4) is 5.75 Å². The van der Waals surface area contributed by atoms with E-state index < -0.39 is 0 Å². The summed E-state index contributed by atoms with van der Waals surface area (Å²) in [6, 6.07) is 11.7. The summed E-state index contributed by atoms with van der Waals surface area (Å²) in [5.41, 5.74) is 5.46. The quantitative estimate of drug-likeness (QED) is 0.477. The molecule has 1 aliphatic carbocycles. The van der Waals surface area contributed by atoms with Gasteiger partial charge in [-0.1, -0.05) is 104 Å². The summed E-state index contributed by atoms with van der Waals surface area (Å²) in [6.07, 6.45) is 9.82. The molecular weight excluding hydrogens is 421 g/mol. The molecule has 0 radical (unpaired) electrons. The van der Waals surface area contributed by atoms with Crippen molar-refractivity contribution in [3.63, 3.8) is 0 Å². The van der Waals surface area contributed by atoms with E-state index in [-0.39, 0.29) is 10.8 Å². The maximum absolute atomic E-state index is 6.70. The average Bonchev–Trinajstić information content (AvgIpc) is 2.74. The smallest absolute Gasteiger partial charge is 0.130 e. The number of allylic oxidation sites excluding steroid dienone is 3. The van der Waals surface area contributed by atoms with Gasteiger partial charge in [0.15, 0.2) is 0 Å². The third-order valence-corrected chi connectivity index (χ3v) is 7.57. The van der Waals surface area contributed by atoms with Crippen LogP contribution in [-0.4, -0.2) is 13.7 Å². The van der Waals surface area contributed by atoms with Crippen molar-refractivity contribution < 1.29 is 4.74 Å². The van der Waals surface area contributed by atoms with E-state index in [1.165, 1.54) is 32.9 Å². The average molecular weight is 464 g/mol. The maximum atomic E-state index is 6.70. The van der Waals surface area contributed by atoms with Crippen molar-refractivity contribution in [2.24, 2.45) is 5.92 Å². The summed E-state index contributed by atoms with van der Waals surface area (Å²) < 4.78 is 6.70. The second-order valence-electron chi connectivity index (χ2n) is 11.3. The van der Waals surface area contributed by atoms with Gasteiger partial charge in [-0.25, -0.2) is 0 Å². The molecule has 0 bridgehead atoms. The van der Waals surface area contributed by atoms with Crippen molar-refractivity contribution in [1.29, 1.82) is 0 Å². The first-order valence-corrected chi connectivity index (χ1v) is 13.2. The molecule has 3 heteroatoms. The number of aryl methyl sites for hydroxylation is 1. The fraction of sp³-hybridized carbons (Fsp3) is 0.467. The molecule has 0 saturated carbocycles. The Morgan fingerprint density at radius 2 is 1.73 bits per heavy atom. The Morgan fingerprint density at radius 3 is 2.33 bits per heavy atom. The molecule has 178 valence electrons. The summed E-state index contributed by atoms with van der Waals surface area (Å²) in [5.74, 6) is 1.52. The number of benzene rings is 2. The van der Waals surface area contributed by atoms with E-state index in [4.69, 9.17) is 4.74 Å². The highest BCUT2D eigenvalue weighted by atomic mass is 31.1. The van der Waals surface area contributed by atoms with Gasteiger partial charge < -0.3 is 10.1 Å². The van der Waals surface area contributed by atoms with Crippen LogP contribution in [0.4, 0.5) is 0 Å². The van der Waals surface area contributed by atoms with Gasteiger partial charge in [-0.2, -0.15) is 0 Å². The van der Waals surface area contributed by atoms with Crippen LogP contribution in [0.2, 0.25) is 0 Å². The van der Waals surface area contributed by atoms with E-state index in [9.17, 15) is 0 Å². The van der Waals surface area contributed by atoms with Crippen LogP contribution in [0.25, 0.3) is 0 Å². The molecule has 0 spiro atoms. The summed E-state index contributed by atoms with van der Waals surface area (Å²) >= 11 is 0. The van der Waals surface area contributed by atoms with Crippen molar-refractivity contribution >= 4 is 19.2 Å². The van der Waals surface area contributed by atoms with Crippen LogP contribution in [0.1, 0.15) is 70.2 Å². The second-order valence-corrected chi connectivity index (χ2v) is 12.7. The zero-order valence-electron chi connectivity index (χ0n) is 21.8. The molecule has 1 aliphatic rings. The van der Waals surface area contributed by atoms with Crippen LogP contribution in [0.3, 0.4) is 0 Å². The van der Waals surface area contributed by atoms with Gasteiger partial charge in [0.05, 0.1) is 6.61 Å². The zero-order chi connectivity index (χ0) is 24.2. The van der Waals surface area contributed by atoms with Crippen molar-refractivity contribution in [3.05, 3.63) is 76.9 Å². The first kappa shape index (κ1) is 25.7. The van der Waals surface area contributed by atoms with Gasteiger partial charge in [0, 0.05) is 23.3 Å². The molecule has 2 aromatic carbocycles. The lowest BCUT2D eigenvalue weighted by Crippen LogP contribution is -2.25. The Morgan fingerprint density at radius 1 is 0.970 bits per heavy atom. The third-order valence-electron chi connectivity index (χ3n) is 6.17. The molecule has 0 aromatic heterocycles. The molecule has 0 amide bonds. The Hall–Kier alpha value is -1.89. The van der Waals surface area contributed by atoms with Crippen LogP contribution in [0.5, 0.6) is 5.75 Å². The predicted octanol–water partition coefficient (Wildman–Crippen LogP) is 6.45. The van der Waals surface area contributed by atoms with Gasteiger partial charge in [-0.05, 0) is 53.7 Å². The van der Waals surface area contributed by atoms with E-state index >= 15 is 0 Å². The van der Waals surface area contributed by atoms with Crippen LogP contribution in [-0.2, 0) is 17.4 Å². The molecule has 0 fully saturated rings. The number of rotatable bonds is 7. The number of hydrogen-bond donors (Lipinski definition) is 1. The molecular formula is C30H42NOP. The lowest BCUT2D eigenvalue weighted by molar-refractivity contribution is 0.271. The van der Waals surface area contributed by atoms with Gasteiger partial charge in [0.1, 0.15) is 5.75 Å².